The Morgan fingerprint density at radius 2 is 1.82 bits per heavy atom. The molecule has 1 aromatic heterocycles. The number of hydrogen-bond acceptors (Lipinski definition) is 2. The molecule has 0 N–H and O–H groups in total. The van der Waals surface area contributed by atoms with E-state index in [2.05, 4.69) is 34.0 Å². The van der Waals surface area contributed by atoms with Gasteiger partial charge in [0.25, 0.3) is 0 Å². The molecule has 2 aromatic rings. The Kier molecular flexibility index (Phi) is 4.33. The third kappa shape index (κ3) is 3.55. The summed E-state index contributed by atoms with van der Waals surface area (Å²) in [6.07, 6.45) is 2.61. The lowest BCUT2D eigenvalue weighted by Gasteiger charge is -2.15. The average Bonchev–Trinajstić information content (AvgIpc) is 3.19. The molecule has 0 spiro atoms. The maximum absolute atomic E-state index is 12.5. The van der Waals surface area contributed by atoms with Crippen LogP contribution in [0.4, 0.5) is 0 Å². The maximum Gasteiger partial charge on any atom is 0.145 e. The van der Waals surface area contributed by atoms with Gasteiger partial charge in [-0.1, -0.05) is 24.3 Å². The van der Waals surface area contributed by atoms with E-state index in [-0.39, 0.29) is 4.75 Å². The second-order valence-corrected chi connectivity index (χ2v) is 9.40. The molecule has 1 heterocycles. The molecule has 0 aliphatic heterocycles. The Morgan fingerprint density at radius 3 is 2.32 bits per heavy atom. The van der Waals surface area contributed by atoms with Gasteiger partial charge in [0.2, 0.25) is 0 Å². The van der Waals surface area contributed by atoms with Gasteiger partial charge in [-0.05, 0) is 56.5 Å². The first-order valence-electron chi connectivity index (χ1n) is 7.59. The third-order valence-electron chi connectivity index (χ3n) is 3.73. The summed E-state index contributed by atoms with van der Waals surface area (Å²) in [5.74, 6) is 0.749. The van der Waals surface area contributed by atoms with Gasteiger partial charge in [0, 0.05) is 16.5 Å². The van der Waals surface area contributed by atoms with E-state index >= 15 is 0 Å². The molecule has 116 valence electrons. The molecular formula is C18H21NOS2. The minimum absolute atomic E-state index is 0.352. The zero-order valence-corrected chi connectivity index (χ0v) is 14.8. The van der Waals surface area contributed by atoms with Crippen molar-refractivity contribution in [2.24, 2.45) is 4.40 Å². The monoisotopic (exact) mass is 331 g/mol. The van der Waals surface area contributed by atoms with Crippen molar-refractivity contribution in [3.05, 3.63) is 57.8 Å². The van der Waals surface area contributed by atoms with Crippen molar-refractivity contribution in [2.75, 3.05) is 0 Å². The van der Waals surface area contributed by atoms with E-state index in [1.54, 1.807) is 11.3 Å². The lowest BCUT2D eigenvalue weighted by Crippen LogP contribution is -2.21. The molecule has 1 saturated carbocycles. The van der Waals surface area contributed by atoms with Crippen LogP contribution in [0.5, 0.6) is 0 Å². The van der Waals surface area contributed by atoms with Crippen molar-refractivity contribution in [1.82, 2.24) is 0 Å². The van der Waals surface area contributed by atoms with Gasteiger partial charge in [-0.25, -0.2) is 4.21 Å². The maximum atomic E-state index is 12.5. The molecular weight excluding hydrogens is 310 g/mol. The SMILES string of the molecule is CC(C)(C)S(=O)N=C(c1ccc(C2CC2)cc1)c1ccsc1. The van der Waals surface area contributed by atoms with Gasteiger partial charge in [-0.2, -0.15) is 15.7 Å². The Hall–Kier alpha value is -1.26. The highest BCUT2D eigenvalue weighted by Crippen LogP contribution is 2.40. The van der Waals surface area contributed by atoms with Crippen molar-refractivity contribution in [2.45, 2.75) is 44.3 Å². The van der Waals surface area contributed by atoms with Gasteiger partial charge in [0.15, 0.2) is 0 Å². The number of benzene rings is 1. The molecule has 1 unspecified atom stereocenters. The van der Waals surface area contributed by atoms with E-state index in [1.807, 2.05) is 32.2 Å². The van der Waals surface area contributed by atoms with Crippen LogP contribution in [-0.2, 0) is 11.0 Å². The van der Waals surface area contributed by atoms with Gasteiger partial charge in [0.05, 0.1) is 10.5 Å². The Balaban J connectivity index is 1.98. The molecule has 22 heavy (non-hydrogen) atoms. The van der Waals surface area contributed by atoms with Gasteiger partial charge in [-0.3, -0.25) is 0 Å². The summed E-state index contributed by atoms with van der Waals surface area (Å²) >= 11 is 1.64. The fourth-order valence-electron chi connectivity index (χ4n) is 2.22. The predicted molar refractivity (Wildman–Crippen MR) is 96.3 cm³/mol. The number of rotatable bonds is 4. The zero-order chi connectivity index (χ0) is 15.7. The van der Waals surface area contributed by atoms with Gasteiger partial charge in [-0.15, -0.1) is 0 Å². The normalized spacial score (nSPS) is 17.5. The van der Waals surface area contributed by atoms with E-state index < -0.39 is 11.0 Å². The summed E-state index contributed by atoms with van der Waals surface area (Å²) in [7, 11) is -1.26. The van der Waals surface area contributed by atoms with Crippen LogP contribution < -0.4 is 0 Å². The van der Waals surface area contributed by atoms with Crippen LogP contribution in [0, 0.1) is 0 Å². The molecule has 3 rings (SSSR count). The lowest BCUT2D eigenvalue weighted by atomic mass is 10.0. The molecule has 1 fully saturated rings. The van der Waals surface area contributed by atoms with Crippen molar-refractivity contribution >= 4 is 28.0 Å². The van der Waals surface area contributed by atoms with E-state index in [1.165, 1.54) is 18.4 Å². The van der Waals surface area contributed by atoms with Crippen LogP contribution in [0.15, 0.2) is 45.5 Å². The first-order valence-corrected chi connectivity index (χ1v) is 9.64. The summed E-state index contributed by atoms with van der Waals surface area (Å²) in [6.45, 7) is 5.86. The highest BCUT2D eigenvalue weighted by molar-refractivity contribution is 7.85. The minimum atomic E-state index is -1.26. The highest BCUT2D eigenvalue weighted by atomic mass is 32.2. The fraction of sp³-hybridized carbons (Fsp3) is 0.389. The molecule has 0 bridgehead atoms. The summed E-state index contributed by atoms with van der Waals surface area (Å²) in [6, 6.07) is 10.6. The molecule has 1 aliphatic rings. The van der Waals surface area contributed by atoms with Crippen molar-refractivity contribution in [3.63, 3.8) is 0 Å². The van der Waals surface area contributed by atoms with E-state index in [0.717, 1.165) is 22.8 Å². The second kappa shape index (κ2) is 6.09. The van der Waals surface area contributed by atoms with Crippen LogP contribution in [0.25, 0.3) is 0 Å². The number of thiophene rings is 1. The molecule has 2 nitrogen and oxygen atoms in total. The van der Waals surface area contributed by atoms with Crippen molar-refractivity contribution in [3.8, 4) is 0 Å². The molecule has 0 amide bonds. The molecule has 1 aromatic carbocycles. The fourth-order valence-corrected chi connectivity index (χ4v) is 3.51. The van der Waals surface area contributed by atoms with Crippen molar-refractivity contribution in [1.29, 1.82) is 0 Å². The summed E-state index contributed by atoms with van der Waals surface area (Å²) in [5, 5.41) is 4.09. The quantitative estimate of drug-likeness (QED) is 0.731. The Morgan fingerprint density at radius 1 is 1.14 bits per heavy atom. The Labute approximate surface area is 138 Å². The first-order chi connectivity index (χ1) is 10.4. The summed E-state index contributed by atoms with van der Waals surface area (Å²) in [4.78, 5) is 0. The largest absolute Gasteiger partial charge is 0.234 e. The van der Waals surface area contributed by atoms with Crippen LogP contribution >= 0.6 is 11.3 Å². The minimum Gasteiger partial charge on any atom is -0.234 e. The third-order valence-corrected chi connectivity index (χ3v) is 5.80. The van der Waals surface area contributed by atoms with Crippen molar-refractivity contribution < 1.29 is 4.21 Å². The molecule has 0 radical (unpaired) electrons. The van der Waals surface area contributed by atoms with E-state index in [9.17, 15) is 4.21 Å². The van der Waals surface area contributed by atoms with E-state index in [4.69, 9.17) is 0 Å². The summed E-state index contributed by atoms with van der Waals surface area (Å²) < 4.78 is 16.6. The predicted octanol–water partition coefficient (Wildman–Crippen LogP) is 4.93. The lowest BCUT2D eigenvalue weighted by molar-refractivity contribution is 0.650. The Bertz CT molecular complexity index is 690. The number of hydrogen-bond donors (Lipinski definition) is 0. The van der Waals surface area contributed by atoms with Gasteiger partial charge >= 0.3 is 0 Å². The van der Waals surface area contributed by atoms with Gasteiger partial charge < -0.3 is 0 Å². The first kappa shape index (κ1) is 15.6. The van der Waals surface area contributed by atoms with Crippen LogP contribution in [0.2, 0.25) is 0 Å². The second-order valence-electron chi connectivity index (χ2n) is 6.71. The van der Waals surface area contributed by atoms with E-state index in [0.29, 0.717) is 0 Å². The highest BCUT2D eigenvalue weighted by Gasteiger charge is 2.24. The number of nitrogens with zero attached hydrogens (tertiary/aromatic N) is 1. The smallest absolute Gasteiger partial charge is 0.145 e. The molecule has 4 heteroatoms. The van der Waals surface area contributed by atoms with Gasteiger partial charge in [0.1, 0.15) is 11.0 Å². The van der Waals surface area contributed by atoms with Crippen LogP contribution in [0.3, 0.4) is 0 Å². The molecule has 0 saturated heterocycles. The van der Waals surface area contributed by atoms with Crippen LogP contribution in [-0.4, -0.2) is 14.7 Å². The zero-order valence-electron chi connectivity index (χ0n) is 13.2. The van der Waals surface area contributed by atoms with Crippen LogP contribution in [0.1, 0.15) is 56.2 Å². The average molecular weight is 332 g/mol. The standard InChI is InChI=1S/C18H21NOS2/c1-18(2,3)22(20)19-17(16-10-11-21-12-16)15-8-6-14(7-9-15)13-4-5-13/h6-13H,4-5H2,1-3H3. The summed E-state index contributed by atoms with van der Waals surface area (Å²) in [5.41, 5.74) is 4.32. The molecule has 1 aliphatic carbocycles. The molecule has 1 atom stereocenters. The topological polar surface area (TPSA) is 29.4 Å².